The van der Waals surface area contributed by atoms with Gasteiger partial charge in [-0.1, -0.05) is 0 Å². The van der Waals surface area contributed by atoms with Crippen LogP contribution in [-0.2, 0) is 9.53 Å². The summed E-state index contributed by atoms with van der Waals surface area (Å²) in [5.74, 6) is -0.443. The number of primary amides is 1. The maximum Gasteiger partial charge on any atom is 0.238 e. The van der Waals surface area contributed by atoms with Crippen LogP contribution in [0.5, 0.6) is 0 Å². The molecule has 0 spiro atoms. The first kappa shape index (κ1) is 10.9. The lowest BCUT2D eigenvalue weighted by molar-refractivity contribution is -0.124. The van der Waals surface area contributed by atoms with Crippen molar-refractivity contribution in [3.05, 3.63) is 0 Å². The number of amides is 1. The first-order valence-corrected chi connectivity index (χ1v) is 5.44. The Morgan fingerprint density at radius 2 is 2.00 bits per heavy atom. The molecule has 0 aromatic heterocycles. The van der Waals surface area contributed by atoms with Crippen LogP contribution < -0.4 is 11.5 Å². The third kappa shape index (κ3) is 2.30. The van der Waals surface area contributed by atoms with E-state index in [1.807, 2.05) is 0 Å². The van der Waals surface area contributed by atoms with Crippen molar-refractivity contribution in [3.8, 4) is 0 Å². The minimum absolute atomic E-state index is 0.326. The fourth-order valence-electron chi connectivity index (χ4n) is 2.37. The number of carbonyl (C=O) groups excluding carboxylic acids is 1. The first-order chi connectivity index (χ1) is 6.97. The average molecular weight is 213 g/mol. The summed E-state index contributed by atoms with van der Waals surface area (Å²) >= 11 is 0. The number of ether oxygens (including phenoxy) is 1. The summed E-state index contributed by atoms with van der Waals surface area (Å²) < 4.78 is 5.70. The van der Waals surface area contributed by atoms with Gasteiger partial charge in [0.2, 0.25) is 5.91 Å². The summed E-state index contributed by atoms with van der Waals surface area (Å²) in [7, 11) is 0. The molecule has 2 rings (SSSR count). The van der Waals surface area contributed by atoms with Crippen molar-refractivity contribution in [3.63, 3.8) is 0 Å². The Kier molecular flexibility index (Phi) is 2.70. The van der Waals surface area contributed by atoms with Gasteiger partial charge in [0.25, 0.3) is 0 Å². The predicted octanol–water partition coefficient (Wildman–Crippen LogP) is -0.948. The van der Waals surface area contributed by atoms with Gasteiger partial charge in [0.05, 0.1) is 12.2 Å². The highest BCUT2D eigenvalue weighted by Gasteiger charge is 2.37. The summed E-state index contributed by atoms with van der Waals surface area (Å²) in [6, 6.07) is 0. The Hall–Kier alpha value is -0.650. The van der Waals surface area contributed by atoms with E-state index in [2.05, 4.69) is 4.90 Å². The van der Waals surface area contributed by atoms with Crippen LogP contribution in [0.4, 0.5) is 0 Å². The number of hydrogen-bond acceptors (Lipinski definition) is 4. The molecule has 5 heteroatoms. The smallest absolute Gasteiger partial charge is 0.238 e. The topological polar surface area (TPSA) is 81.6 Å². The summed E-state index contributed by atoms with van der Waals surface area (Å²) in [6.45, 7) is 3.96. The quantitative estimate of drug-likeness (QED) is 0.633. The predicted molar refractivity (Wildman–Crippen MR) is 56.1 cm³/mol. The molecule has 3 atom stereocenters. The largest absolute Gasteiger partial charge is 0.372 e. The SMILES string of the molecule is CC(N)(CN1CC2CCC(C1)O2)C(N)=O. The van der Waals surface area contributed by atoms with Gasteiger partial charge in [0.1, 0.15) is 5.54 Å². The molecule has 2 saturated heterocycles. The fourth-order valence-corrected chi connectivity index (χ4v) is 2.37. The van der Waals surface area contributed by atoms with E-state index in [1.165, 1.54) is 0 Å². The summed E-state index contributed by atoms with van der Waals surface area (Å²) in [4.78, 5) is 13.3. The number of hydrogen-bond donors (Lipinski definition) is 2. The van der Waals surface area contributed by atoms with Gasteiger partial charge in [-0.15, -0.1) is 0 Å². The molecule has 0 aromatic rings. The first-order valence-electron chi connectivity index (χ1n) is 5.44. The maximum atomic E-state index is 11.1. The molecule has 5 nitrogen and oxygen atoms in total. The molecule has 0 saturated carbocycles. The molecule has 1 amide bonds. The van der Waals surface area contributed by atoms with E-state index < -0.39 is 11.4 Å². The second kappa shape index (κ2) is 3.73. The van der Waals surface area contributed by atoms with Crippen LogP contribution in [-0.4, -0.2) is 48.2 Å². The zero-order chi connectivity index (χ0) is 11.1. The van der Waals surface area contributed by atoms with Crippen molar-refractivity contribution in [2.75, 3.05) is 19.6 Å². The van der Waals surface area contributed by atoms with E-state index in [4.69, 9.17) is 16.2 Å². The number of morpholine rings is 1. The van der Waals surface area contributed by atoms with Crippen molar-refractivity contribution in [1.29, 1.82) is 0 Å². The van der Waals surface area contributed by atoms with Gasteiger partial charge in [-0.3, -0.25) is 9.69 Å². The van der Waals surface area contributed by atoms with Crippen molar-refractivity contribution in [1.82, 2.24) is 4.90 Å². The number of nitrogens with zero attached hydrogens (tertiary/aromatic N) is 1. The van der Waals surface area contributed by atoms with Gasteiger partial charge in [-0.25, -0.2) is 0 Å². The minimum atomic E-state index is -0.934. The zero-order valence-corrected chi connectivity index (χ0v) is 9.11. The average Bonchev–Trinajstić information content (AvgIpc) is 2.44. The molecule has 0 radical (unpaired) electrons. The highest BCUT2D eigenvalue weighted by molar-refractivity contribution is 5.84. The van der Waals surface area contributed by atoms with E-state index in [9.17, 15) is 4.79 Å². The van der Waals surface area contributed by atoms with E-state index in [1.54, 1.807) is 6.92 Å². The number of likely N-dealkylation sites (tertiary alicyclic amines) is 1. The van der Waals surface area contributed by atoms with E-state index in [-0.39, 0.29) is 0 Å². The maximum absolute atomic E-state index is 11.1. The molecule has 2 aliphatic rings. The van der Waals surface area contributed by atoms with E-state index >= 15 is 0 Å². The van der Waals surface area contributed by atoms with E-state index in [0.29, 0.717) is 18.8 Å². The molecular formula is C10H19N3O2. The Balaban J connectivity index is 1.93. The summed E-state index contributed by atoms with van der Waals surface area (Å²) in [5.41, 5.74) is 10.2. The second-order valence-corrected chi connectivity index (χ2v) is 4.93. The molecule has 2 fully saturated rings. The number of fused-ring (bicyclic) bond motifs is 2. The second-order valence-electron chi connectivity index (χ2n) is 4.93. The van der Waals surface area contributed by atoms with Crippen LogP contribution >= 0.6 is 0 Å². The fraction of sp³-hybridized carbons (Fsp3) is 0.900. The number of carbonyl (C=O) groups is 1. The Labute approximate surface area is 89.7 Å². The molecule has 0 aromatic carbocycles. The Bertz CT molecular complexity index is 255. The molecule has 0 aliphatic carbocycles. The molecule has 15 heavy (non-hydrogen) atoms. The summed E-state index contributed by atoms with van der Waals surface area (Å²) in [6.07, 6.45) is 2.90. The molecule has 2 bridgehead atoms. The Morgan fingerprint density at radius 3 is 2.47 bits per heavy atom. The molecule has 86 valence electrons. The summed E-state index contributed by atoms with van der Waals surface area (Å²) in [5, 5.41) is 0. The van der Waals surface area contributed by atoms with Gasteiger partial charge < -0.3 is 16.2 Å². The highest BCUT2D eigenvalue weighted by atomic mass is 16.5. The van der Waals surface area contributed by atoms with Crippen molar-refractivity contribution >= 4 is 5.91 Å². The van der Waals surface area contributed by atoms with Crippen LogP contribution in [0.15, 0.2) is 0 Å². The van der Waals surface area contributed by atoms with Crippen LogP contribution in [0.25, 0.3) is 0 Å². The van der Waals surface area contributed by atoms with Gasteiger partial charge in [0.15, 0.2) is 0 Å². The molecule has 4 N–H and O–H groups in total. The lowest BCUT2D eigenvalue weighted by Crippen LogP contribution is -2.59. The van der Waals surface area contributed by atoms with Crippen molar-refractivity contribution in [2.24, 2.45) is 11.5 Å². The third-order valence-electron chi connectivity index (χ3n) is 3.23. The lowest BCUT2D eigenvalue weighted by Gasteiger charge is -2.36. The Morgan fingerprint density at radius 1 is 1.47 bits per heavy atom. The standard InChI is InChI=1S/C10H19N3O2/c1-10(12,9(11)14)6-13-4-7-2-3-8(5-13)15-7/h7-8H,2-6,12H2,1H3,(H2,11,14). The highest BCUT2D eigenvalue weighted by Crippen LogP contribution is 2.26. The van der Waals surface area contributed by atoms with E-state index in [0.717, 1.165) is 25.9 Å². The van der Waals surface area contributed by atoms with Gasteiger partial charge in [-0.2, -0.15) is 0 Å². The normalized spacial score (nSPS) is 35.1. The molecule has 2 aliphatic heterocycles. The van der Waals surface area contributed by atoms with Crippen molar-refractivity contribution < 1.29 is 9.53 Å². The molecular weight excluding hydrogens is 194 g/mol. The number of nitrogens with two attached hydrogens (primary N) is 2. The van der Waals surface area contributed by atoms with Gasteiger partial charge in [-0.05, 0) is 19.8 Å². The zero-order valence-electron chi connectivity index (χ0n) is 9.11. The minimum Gasteiger partial charge on any atom is -0.372 e. The van der Waals surface area contributed by atoms with Crippen LogP contribution in [0, 0.1) is 0 Å². The van der Waals surface area contributed by atoms with Crippen LogP contribution in [0.2, 0.25) is 0 Å². The monoisotopic (exact) mass is 213 g/mol. The van der Waals surface area contributed by atoms with Crippen LogP contribution in [0.3, 0.4) is 0 Å². The van der Waals surface area contributed by atoms with Gasteiger partial charge in [0, 0.05) is 19.6 Å². The lowest BCUT2D eigenvalue weighted by atomic mass is 10.0. The molecule has 3 unspecified atom stereocenters. The van der Waals surface area contributed by atoms with Crippen LogP contribution in [0.1, 0.15) is 19.8 Å². The third-order valence-corrected chi connectivity index (χ3v) is 3.23. The van der Waals surface area contributed by atoms with Crippen molar-refractivity contribution in [2.45, 2.75) is 37.5 Å². The molecule has 2 heterocycles. The van der Waals surface area contributed by atoms with Gasteiger partial charge >= 0.3 is 0 Å². The number of rotatable bonds is 3.